The Bertz CT molecular complexity index is 491. The Labute approximate surface area is 118 Å². The van der Waals surface area contributed by atoms with Crippen LogP contribution in [0.25, 0.3) is 0 Å². The van der Waals surface area contributed by atoms with E-state index in [1.165, 1.54) is 19.2 Å². The Hall–Kier alpha value is -1.62. The van der Waals surface area contributed by atoms with Crippen LogP contribution in [0.5, 0.6) is 5.75 Å². The SMILES string of the molecule is COc1ccc(C(=O)N2CCCC(C(C)N)C2)cc1F. The van der Waals surface area contributed by atoms with Gasteiger partial charge in [0.2, 0.25) is 0 Å². The van der Waals surface area contributed by atoms with Gasteiger partial charge in [0.15, 0.2) is 11.6 Å². The van der Waals surface area contributed by atoms with Gasteiger partial charge in [0.05, 0.1) is 7.11 Å². The fourth-order valence-electron chi connectivity index (χ4n) is 2.61. The molecular weight excluding hydrogens is 259 g/mol. The summed E-state index contributed by atoms with van der Waals surface area (Å²) in [5, 5.41) is 0. The quantitative estimate of drug-likeness (QED) is 0.921. The van der Waals surface area contributed by atoms with E-state index in [1.807, 2.05) is 6.92 Å². The van der Waals surface area contributed by atoms with Crippen LogP contribution in [0.15, 0.2) is 18.2 Å². The minimum absolute atomic E-state index is 0.0678. The van der Waals surface area contributed by atoms with Crippen LogP contribution in [0.1, 0.15) is 30.1 Å². The maximum Gasteiger partial charge on any atom is 0.253 e. The molecule has 1 amide bonds. The molecule has 0 bridgehead atoms. The number of carbonyl (C=O) groups excluding carboxylic acids is 1. The van der Waals surface area contributed by atoms with Gasteiger partial charge in [-0.05, 0) is 43.9 Å². The van der Waals surface area contributed by atoms with Crippen molar-refractivity contribution in [2.75, 3.05) is 20.2 Å². The van der Waals surface area contributed by atoms with Crippen molar-refractivity contribution < 1.29 is 13.9 Å². The molecule has 5 heteroatoms. The van der Waals surface area contributed by atoms with E-state index >= 15 is 0 Å². The zero-order valence-corrected chi connectivity index (χ0v) is 11.9. The zero-order valence-electron chi connectivity index (χ0n) is 11.9. The van der Waals surface area contributed by atoms with Crippen molar-refractivity contribution in [3.63, 3.8) is 0 Å². The van der Waals surface area contributed by atoms with Gasteiger partial charge in [0.25, 0.3) is 5.91 Å². The monoisotopic (exact) mass is 280 g/mol. The van der Waals surface area contributed by atoms with Crippen molar-refractivity contribution in [2.24, 2.45) is 11.7 Å². The van der Waals surface area contributed by atoms with Crippen LogP contribution in [0, 0.1) is 11.7 Å². The summed E-state index contributed by atoms with van der Waals surface area (Å²) in [4.78, 5) is 14.2. The van der Waals surface area contributed by atoms with Gasteiger partial charge in [-0.15, -0.1) is 0 Å². The Morgan fingerprint density at radius 3 is 2.90 bits per heavy atom. The summed E-state index contributed by atoms with van der Waals surface area (Å²) in [5.41, 5.74) is 6.27. The van der Waals surface area contributed by atoms with Crippen molar-refractivity contribution in [1.29, 1.82) is 0 Å². The molecule has 0 aliphatic carbocycles. The normalized spacial score (nSPS) is 20.6. The lowest BCUT2D eigenvalue weighted by atomic mass is 9.92. The van der Waals surface area contributed by atoms with Gasteiger partial charge in [-0.25, -0.2) is 4.39 Å². The molecule has 20 heavy (non-hydrogen) atoms. The molecule has 1 heterocycles. The Morgan fingerprint density at radius 1 is 1.55 bits per heavy atom. The molecule has 4 nitrogen and oxygen atoms in total. The Morgan fingerprint density at radius 2 is 2.30 bits per heavy atom. The molecule has 1 aromatic carbocycles. The summed E-state index contributed by atoms with van der Waals surface area (Å²) in [6.45, 7) is 3.31. The minimum atomic E-state index is -0.515. The zero-order chi connectivity index (χ0) is 14.7. The average Bonchev–Trinajstić information content (AvgIpc) is 2.46. The molecule has 1 fully saturated rings. The molecule has 0 spiro atoms. The van der Waals surface area contributed by atoms with Gasteiger partial charge in [-0.2, -0.15) is 0 Å². The molecule has 1 saturated heterocycles. The van der Waals surface area contributed by atoms with E-state index in [9.17, 15) is 9.18 Å². The molecule has 0 saturated carbocycles. The van der Waals surface area contributed by atoms with Crippen molar-refractivity contribution in [1.82, 2.24) is 4.90 Å². The van der Waals surface area contributed by atoms with E-state index in [2.05, 4.69) is 0 Å². The molecule has 1 aliphatic rings. The number of piperidine rings is 1. The van der Waals surface area contributed by atoms with E-state index in [4.69, 9.17) is 10.5 Å². The number of carbonyl (C=O) groups is 1. The molecule has 1 aromatic rings. The van der Waals surface area contributed by atoms with Gasteiger partial charge in [-0.1, -0.05) is 0 Å². The third-order valence-electron chi connectivity index (χ3n) is 3.89. The summed E-state index contributed by atoms with van der Waals surface area (Å²) in [6.07, 6.45) is 1.98. The van der Waals surface area contributed by atoms with Crippen LogP contribution in [0.3, 0.4) is 0 Å². The highest BCUT2D eigenvalue weighted by Gasteiger charge is 2.26. The van der Waals surface area contributed by atoms with Crippen LogP contribution < -0.4 is 10.5 Å². The number of nitrogens with zero attached hydrogens (tertiary/aromatic N) is 1. The van der Waals surface area contributed by atoms with Gasteiger partial charge in [0, 0.05) is 24.7 Å². The summed E-state index contributed by atoms with van der Waals surface area (Å²) in [7, 11) is 1.40. The number of amides is 1. The van der Waals surface area contributed by atoms with Crippen LogP contribution in [0.2, 0.25) is 0 Å². The highest BCUT2D eigenvalue weighted by molar-refractivity contribution is 5.94. The first-order valence-electron chi connectivity index (χ1n) is 6.91. The number of hydrogen-bond acceptors (Lipinski definition) is 3. The first-order chi connectivity index (χ1) is 9.52. The summed E-state index contributed by atoms with van der Waals surface area (Å²) in [6, 6.07) is 4.38. The predicted molar refractivity (Wildman–Crippen MR) is 75.2 cm³/mol. The molecule has 0 radical (unpaired) electrons. The molecule has 0 aromatic heterocycles. The number of ether oxygens (including phenoxy) is 1. The number of benzene rings is 1. The molecule has 2 rings (SSSR count). The molecule has 2 atom stereocenters. The third-order valence-corrected chi connectivity index (χ3v) is 3.89. The first kappa shape index (κ1) is 14.8. The average molecular weight is 280 g/mol. The van der Waals surface area contributed by atoms with Crippen molar-refractivity contribution in [2.45, 2.75) is 25.8 Å². The minimum Gasteiger partial charge on any atom is -0.494 e. The maximum atomic E-state index is 13.7. The highest BCUT2D eigenvalue weighted by Crippen LogP contribution is 2.23. The van der Waals surface area contributed by atoms with Crippen molar-refractivity contribution in [3.8, 4) is 5.75 Å². The molecule has 110 valence electrons. The molecule has 2 unspecified atom stereocenters. The predicted octanol–water partition coefficient (Wildman–Crippen LogP) is 2.03. The van der Waals surface area contributed by atoms with E-state index in [1.54, 1.807) is 11.0 Å². The van der Waals surface area contributed by atoms with Gasteiger partial charge >= 0.3 is 0 Å². The smallest absolute Gasteiger partial charge is 0.253 e. The number of methoxy groups -OCH3 is 1. The lowest BCUT2D eigenvalue weighted by molar-refractivity contribution is 0.0660. The van der Waals surface area contributed by atoms with Crippen molar-refractivity contribution in [3.05, 3.63) is 29.6 Å². The fourth-order valence-corrected chi connectivity index (χ4v) is 2.61. The van der Waals surface area contributed by atoms with Gasteiger partial charge in [0.1, 0.15) is 0 Å². The van der Waals surface area contributed by atoms with Crippen LogP contribution in [0.4, 0.5) is 4.39 Å². The number of rotatable bonds is 3. The Balaban J connectivity index is 2.12. The van der Waals surface area contributed by atoms with E-state index < -0.39 is 5.82 Å². The molecule has 2 N–H and O–H groups in total. The van der Waals surface area contributed by atoms with Gasteiger partial charge in [-0.3, -0.25) is 4.79 Å². The van der Waals surface area contributed by atoms with Crippen molar-refractivity contribution >= 4 is 5.91 Å². The molecule has 1 aliphatic heterocycles. The summed E-state index contributed by atoms with van der Waals surface area (Å²) in [5.74, 6) is -0.194. The Kier molecular flexibility index (Phi) is 4.60. The van der Waals surface area contributed by atoms with Crippen LogP contribution in [-0.4, -0.2) is 37.0 Å². The lowest BCUT2D eigenvalue weighted by Crippen LogP contribution is -2.45. The number of nitrogens with two attached hydrogens (primary N) is 1. The topological polar surface area (TPSA) is 55.6 Å². The largest absolute Gasteiger partial charge is 0.494 e. The highest BCUT2D eigenvalue weighted by atomic mass is 19.1. The number of halogens is 1. The maximum absolute atomic E-state index is 13.7. The van der Waals surface area contributed by atoms with Gasteiger partial charge < -0.3 is 15.4 Å². The second kappa shape index (κ2) is 6.22. The van der Waals surface area contributed by atoms with E-state index in [-0.39, 0.29) is 17.7 Å². The summed E-state index contributed by atoms with van der Waals surface area (Å²) >= 11 is 0. The lowest BCUT2D eigenvalue weighted by Gasteiger charge is -2.34. The van der Waals surface area contributed by atoms with E-state index in [0.29, 0.717) is 24.6 Å². The first-order valence-corrected chi connectivity index (χ1v) is 6.91. The van der Waals surface area contributed by atoms with Crippen LogP contribution >= 0.6 is 0 Å². The number of likely N-dealkylation sites (tertiary alicyclic amines) is 1. The molecular formula is C15H21FN2O2. The third kappa shape index (κ3) is 3.10. The summed E-state index contributed by atoms with van der Waals surface area (Å²) < 4.78 is 18.5. The number of hydrogen-bond donors (Lipinski definition) is 1. The second-order valence-electron chi connectivity index (χ2n) is 5.36. The van der Waals surface area contributed by atoms with E-state index in [0.717, 1.165) is 12.8 Å². The standard InChI is InChI=1S/C15H21FN2O2/c1-10(17)12-4-3-7-18(9-12)15(19)11-5-6-14(20-2)13(16)8-11/h5-6,8,10,12H,3-4,7,9,17H2,1-2H3. The second-order valence-corrected chi connectivity index (χ2v) is 5.36. The van der Waals surface area contributed by atoms with Crippen LogP contribution in [-0.2, 0) is 0 Å². The fraction of sp³-hybridized carbons (Fsp3) is 0.533.